The molecule has 0 saturated carbocycles. The summed E-state index contributed by atoms with van der Waals surface area (Å²) in [4.78, 5) is 14.9. The standard InChI is InChI=1S/C22H23N9O4/c1-30(15-7-5-4-6-8-15)13-17-19(25-29-31(17)21-20(23)27-35-28-21)22(32)26-24-12-14-9-10-16(33-2)11-18(14)34-3/h4-12H,13H2,1-3H3,(H2,23,27)(H,26,32). The number of amides is 1. The van der Waals surface area contributed by atoms with Gasteiger partial charge in [0, 0.05) is 24.4 Å². The number of hydrogen-bond donors (Lipinski definition) is 2. The van der Waals surface area contributed by atoms with Crippen molar-refractivity contribution in [3.05, 3.63) is 65.5 Å². The number of rotatable bonds is 9. The number of carbonyl (C=O) groups is 1. The third-order valence-electron chi connectivity index (χ3n) is 5.07. The van der Waals surface area contributed by atoms with E-state index >= 15 is 0 Å². The predicted octanol–water partition coefficient (Wildman–Crippen LogP) is 1.65. The van der Waals surface area contributed by atoms with E-state index < -0.39 is 5.91 Å². The van der Waals surface area contributed by atoms with Crippen LogP contribution in [0, 0.1) is 0 Å². The minimum atomic E-state index is -0.577. The zero-order valence-electron chi connectivity index (χ0n) is 19.2. The summed E-state index contributed by atoms with van der Waals surface area (Å²) in [5, 5.41) is 19.5. The number of hydrazone groups is 1. The van der Waals surface area contributed by atoms with Crippen molar-refractivity contribution in [3.8, 4) is 17.3 Å². The maximum absolute atomic E-state index is 13.0. The number of methoxy groups -OCH3 is 2. The molecule has 0 aliphatic carbocycles. The lowest BCUT2D eigenvalue weighted by Gasteiger charge is -2.19. The van der Waals surface area contributed by atoms with Gasteiger partial charge in [0.15, 0.2) is 5.69 Å². The van der Waals surface area contributed by atoms with Crippen LogP contribution in [0.3, 0.4) is 0 Å². The van der Waals surface area contributed by atoms with E-state index in [1.54, 1.807) is 25.3 Å². The van der Waals surface area contributed by atoms with Gasteiger partial charge in [0.2, 0.25) is 11.6 Å². The Hall–Kier alpha value is -4.94. The number of para-hydroxylation sites is 1. The summed E-state index contributed by atoms with van der Waals surface area (Å²) in [7, 11) is 4.96. The molecular formula is C22H23N9O4. The summed E-state index contributed by atoms with van der Waals surface area (Å²) in [6, 6.07) is 14.8. The Balaban J connectivity index is 1.60. The number of nitrogens with zero attached hydrogens (tertiary/aromatic N) is 7. The van der Waals surface area contributed by atoms with E-state index in [0.29, 0.717) is 22.8 Å². The van der Waals surface area contributed by atoms with E-state index in [2.05, 4.69) is 31.2 Å². The summed E-state index contributed by atoms with van der Waals surface area (Å²) < 4.78 is 16.5. The first kappa shape index (κ1) is 23.2. The summed E-state index contributed by atoms with van der Waals surface area (Å²) in [5.41, 5.74) is 10.3. The minimum Gasteiger partial charge on any atom is -0.497 e. The summed E-state index contributed by atoms with van der Waals surface area (Å²) in [5.74, 6) is 0.724. The molecule has 0 fully saturated rings. The highest BCUT2D eigenvalue weighted by Gasteiger charge is 2.25. The third kappa shape index (κ3) is 5.03. The van der Waals surface area contributed by atoms with Gasteiger partial charge in [0.05, 0.1) is 32.7 Å². The normalized spacial score (nSPS) is 10.9. The van der Waals surface area contributed by atoms with Crippen LogP contribution < -0.4 is 25.5 Å². The van der Waals surface area contributed by atoms with E-state index in [-0.39, 0.29) is 23.9 Å². The largest absolute Gasteiger partial charge is 0.497 e. The monoisotopic (exact) mass is 477 g/mol. The van der Waals surface area contributed by atoms with Gasteiger partial charge >= 0.3 is 0 Å². The van der Waals surface area contributed by atoms with Gasteiger partial charge in [-0.2, -0.15) is 9.78 Å². The highest BCUT2D eigenvalue weighted by molar-refractivity contribution is 5.94. The molecule has 0 unspecified atom stereocenters. The highest BCUT2D eigenvalue weighted by atomic mass is 16.6. The number of nitrogen functional groups attached to an aromatic ring is 1. The number of hydrogen-bond acceptors (Lipinski definition) is 11. The Bertz CT molecular complexity index is 1330. The van der Waals surface area contributed by atoms with Crippen LogP contribution in [0.2, 0.25) is 0 Å². The molecular weight excluding hydrogens is 454 g/mol. The zero-order valence-corrected chi connectivity index (χ0v) is 19.2. The van der Waals surface area contributed by atoms with Crippen LogP contribution in [0.15, 0.2) is 58.3 Å². The number of benzene rings is 2. The molecule has 13 nitrogen and oxygen atoms in total. The van der Waals surface area contributed by atoms with E-state index in [1.807, 2.05) is 42.3 Å². The number of anilines is 2. The molecule has 1 amide bonds. The molecule has 4 aromatic rings. The quantitative estimate of drug-likeness (QED) is 0.268. The van der Waals surface area contributed by atoms with Crippen molar-refractivity contribution in [1.82, 2.24) is 30.7 Å². The molecule has 0 saturated heterocycles. The van der Waals surface area contributed by atoms with E-state index in [0.717, 1.165) is 5.69 Å². The summed E-state index contributed by atoms with van der Waals surface area (Å²) in [6.07, 6.45) is 1.45. The van der Waals surface area contributed by atoms with Crippen molar-refractivity contribution >= 4 is 23.6 Å². The molecule has 180 valence electrons. The lowest BCUT2D eigenvalue weighted by molar-refractivity contribution is 0.0949. The van der Waals surface area contributed by atoms with Crippen LogP contribution in [0.5, 0.6) is 11.5 Å². The third-order valence-corrected chi connectivity index (χ3v) is 5.07. The van der Waals surface area contributed by atoms with Gasteiger partial charge in [-0.05, 0) is 34.6 Å². The van der Waals surface area contributed by atoms with Crippen molar-refractivity contribution in [2.75, 3.05) is 31.9 Å². The van der Waals surface area contributed by atoms with E-state index in [4.69, 9.17) is 19.8 Å². The molecule has 0 aliphatic heterocycles. The van der Waals surface area contributed by atoms with Gasteiger partial charge in [-0.25, -0.2) is 10.1 Å². The first-order valence-corrected chi connectivity index (χ1v) is 10.4. The molecule has 0 aliphatic rings. The van der Waals surface area contributed by atoms with Crippen molar-refractivity contribution < 1.29 is 18.9 Å². The Labute approximate surface area is 200 Å². The molecule has 2 aromatic carbocycles. The van der Waals surface area contributed by atoms with Gasteiger partial charge in [0.1, 0.15) is 11.5 Å². The van der Waals surface area contributed by atoms with Gasteiger partial charge in [-0.3, -0.25) is 4.79 Å². The smallest absolute Gasteiger partial charge is 0.293 e. The maximum atomic E-state index is 13.0. The number of carbonyl (C=O) groups excluding carboxylic acids is 1. The lowest BCUT2D eigenvalue weighted by atomic mass is 10.2. The summed E-state index contributed by atoms with van der Waals surface area (Å²) >= 11 is 0. The number of aromatic nitrogens is 5. The average Bonchev–Trinajstić information content (AvgIpc) is 3.50. The molecule has 35 heavy (non-hydrogen) atoms. The van der Waals surface area contributed by atoms with Crippen LogP contribution in [-0.2, 0) is 6.54 Å². The highest BCUT2D eigenvalue weighted by Crippen LogP contribution is 2.23. The Morgan fingerprint density at radius 1 is 1.20 bits per heavy atom. The second-order valence-corrected chi connectivity index (χ2v) is 7.27. The molecule has 13 heteroatoms. The fourth-order valence-electron chi connectivity index (χ4n) is 3.26. The number of nitrogens with two attached hydrogens (primary N) is 1. The predicted molar refractivity (Wildman–Crippen MR) is 127 cm³/mol. The maximum Gasteiger partial charge on any atom is 0.293 e. The van der Waals surface area contributed by atoms with Crippen LogP contribution >= 0.6 is 0 Å². The second-order valence-electron chi connectivity index (χ2n) is 7.27. The van der Waals surface area contributed by atoms with Crippen molar-refractivity contribution in [1.29, 1.82) is 0 Å². The van der Waals surface area contributed by atoms with Gasteiger partial charge in [-0.1, -0.05) is 23.4 Å². The van der Waals surface area contributed by atoms with Crippen molar-refractivity contribution in [2.24, 2.45) is 5.10 Å². The van der Waals surface area contributed by atoms with Crippen LogP contribution in [0.4, 0.5) is 11.5 Å². The SMILES string of the molecule is COc1ccc(C=NNC(=O)c2nnn(-c3nonc3N)c2CN(C)c2ccccc2)c(OC)c1. The lowest BCUT2D eigenvalue weighted by Crippen LogP contribution is -2.24. The molecule has 3 N–H and O–H groups in total. The van der Waals surface area contributed by atoms with E-state index in [1.165, 1.54) is 18.0 Å². The minimum absolute atomic E-state index is 0.00935. The molecule has 4 rings (SSSR count). The fourth-order valence-corrected chi connectivity index (χ4v) is 3.26. The Morgan fingerprint density at radius 3 is 2.69 bits per heavy atom. The second kappa shape index (κ2) is 10.3. The molecule has 0 spiro atoms. The average molecular weight is 477 g/mol. The first-order valence-electron chi connectivity index (χ1n) is 10.4. The number of nitrogens with one attached hydrogen (secondary N) is 1. The molecule has 2 heterocycles. The van der Waals surface area contributed by atoms with Gasteiger partial charge in [0.25, 0.3) is 5.91 Å². The van der Waals surface area contributed by atoms with Crippen molar-refractivity contribution in [3.63, 3.8) is 0 Å². The van der Waals surface area contributed by atoms with E-state index in [9.17, 15) is 4.79 Å². The molecule has 0 bridgehead atoms. The van der Waals surface area contributed by atoms with Gasteiger partial charge < -0.3 is 20.1 Å². The Kier molecular flexibility index (Phi) is 6.86. The fraction of sp³-hybridized carbons (Fsp3) is 0.182. The van der Waals surface area contributed by atoms with Crippen molar-refractivity contribution in [2.45, 2.75) is 6.54 Å². The van der Waals surface area contributed by atoms with Crippen LogP contribution in [0.25, 0.3) is 5.82 Å². The van der Waals surface area contributed by atoms with Crippen LogP contribution in [0.1, 0.15) is 21.7 Å². The molecule has 0 radical (unpaired) electrons. The summed E-state index contributed by atoms with van der Waals surface area (Å²) in [6.45, 7) is 0.252. The van der Waals surface area contributed by atoms with Gasteiger partial charge in [-0.15, -0.1) is 5.10 Å². The first-order chi connectivity index (χ1) is 17.0. The number of ether oxygens (including phenoxy) is 2. The topological polar surface area (TPSA) is 159 Å². The van der Waals surface area contributed by atoms with Crippen LogP contribution in [-0.4, -0.2) is 58.7 Å². The Morgan fingerprint density at radius 2 is 2.00 bits per heavy atom. The molecule has 0 atom stereocenters. The molecule has 2 aromatic heterocycles. The zero-order chi connectivity index (χ0) is 24.8.